The molecule has 0 aliphatic heterocycles. The highest BCUT2D eigenvalue weighted by Crippen LogP contribution is 2.19. The van der Waals surface area contributed by atoms with Crippen LogP contribution in [0.3, 0.4) is 0 Å². The van der Waals surface area contributed by atoms with Crippen molar-refractivity contribution < 1.29 is 0 Å². The summed E-state index contributed by atoms with van der Waals surface area (Å²) in [7, 11) is 0. The number of anilines is 5. The molecule has 0 spiro atoms. The molecule has 7 nitrogen and oxygen atoms in total. The lowest BCUT2D eigenvalue weighted by atomic mass is 10.1. The number of nitrogens with zero attached hydrogens (tertiary/aromatic N) is 4. The van der Waals surface area contributed by atoms with Crippen LogP contribution >= 0.6 is 0 Å². The fraction of sp³-hybridized carbons (Fsp3) is 0. The van der Waals surface area contributed by atoms with Gasteiger partial charge in [-0.3, -0.25) is 0 Å². The lowest BCUT2D eigenvalue weighted by molar-refractivity contribution is 1.04. The minimum absolute atomic E-state index is 0.318. The number of nitrogens with one attached hydrogen (secondary N) is 3. The SMILES string of the molecule is C(=N\Nc1nc(Nc2ccccc2)nc(Nc2ccccc2)n1)/c1ccc2ccccc2c1. The van der Waals surface area contributed by atoms with Crippen molar-refractivity contribution in [3.8, 4) is 0 Å². The standard InChI is InChI=1S/C26H21N7/c1-3-11-22(12-4-1)28-24-30-25(29-23-13-5-2-6-14-23)32-26(31-24)33-27-18-19-15-16-20-9-7-8-10-21(20)17-19/h1-18H,(H3,28,29,30,31,32,33)/b27-18+. The predicted molar refractivity (Wildman–Crippen MR) is 134 cm³/mol. The summed E-state index contributed by atoms with van der Waals surface area (Å²) in [5, 5.41) is 13.1. The van der Waals surface area contributed by atoms with Gasteiger partial charge in [0, 0.05) is 11.4 Å². The van der Waals surface area contributed by atoms with E-state index in [9.17, 15) is 0 Å². The number of aromatic nitrogens is 3. The van der Waals surface area contributed by atoms with Crippen molar-refractivity contribution in [2.45, 2.75) is 0 Å². The van der Waals surface area contributed by atoms with Gasteiger partial charge in [0.1, 0.15) is 0 Å². The van der Waals surface area contributed by atoms with Crippen LogP contribution in [0.2, 0.25) is 0 Å². The maximum Gasteiger partial charge on any atom is 0.250 e. The third-order valence-corrected chi connectivity index (χ3v) is 4.85. The number of para-hydroxylation sites is 2. The lowest BCUT2D eigenvalue weighted by Gasteiger charge is -2.10. The second kappa shape index (κ2) is 9.57. The van der Waals surface area contributed by atoms with Gasteiger partial charge in [0.15, 0.2) is 0 Å². The third kappa shape index (κ3) is 5.29. The molecule has 1 aromatic heterocycles. The Kier molecular flexibility index (Phi) is 5.84. The molecule has 0 aliphatic rings. The minimum atomic E-state index is 0.318. The Balaban J connectivity index is 1.38. The van der Waals surface area contributed by atoms with Gasteiger partial charge in [0.25, 0.3) is 0 Å². The summed E-state index contributed by atoms with van der Waals surface area (Å²) in [5.41, 5.74) is 5.64. The number of benzene rings is 4. The maximum absolute atomic E-state index is 4.49. The summed E-state index contributed by atoms with van der Waals surface area (Å²) in [4.78, 5) is 13.4. The van der Waals surface area contributed by atoms with E-state index in [4.69, 9.17) is 0 Å². The van der Waals surface area contributed by atoms with E-state index in [0.717, 1.165) is 22.3 Å². The molecular formula is C26H21N7. The van der Waals surface area contributed by atoms with Crippen LogP contribution in [0.25, 0.3) is 10.8 Å². The van der Waals surface area contributed by atoms with Crippen LogP contribution in [0, 0.1) is 0 Å². The molecular weight excluding hydrogens is 410 g/mol. The Labute approximate surface area is 191 Å². The molecule has 0 radical (unpaired) electrons. The highest BCUT2D eigenvalue weighted by atomic mass is 15.4. The Morgan fingerprint density at radius 3 is 1.73 bits per heavy atom. The molecule has 0 fully saturated rings. The third-order valence-electron chi connectivity index (χ3n) is 4.85. The van der Waals surface area contributed by atoms with Crippen LogP contribution in [0.5, 0.6) is 0 Å². The van der Waals surface area contributed by atoms with E-state index in [-0.39, 0.29) is 0 Å². The number of rotatable bonds is 7. The largest absolute Gasteiger partial charge is 0.324 e. The Morgan fingerprint density at radius 1 is 0.545 bits per heavy atom. The molecule has 0 saturated heterocycles. The van der Waals surface area contributed by atoms with E-state index in [0.29, 0.717) is 17.8 Å². The molecule has 0 saturated carbocycles. The summed E-state index contributed by atoms with van der Waals surface area (Å²) in [6, 6.07) is 33.8. The maximum atomic E-state index is 4.49. The fourth-order valence-electron chi connectivity index (χ4n) is 3.29. The highest BCUT2D eigenvalue weighted by molar-refractivity contribution is 5.90. The van der Waals surface area contributed by atoms with Crippen LogP contribution in [-0.2, 0) is 0 Å². The van der Waals surface area contributed by atoms with Crippen molar-refractivity contribution in [3.63, 3.8) is 0 Å². The van der Waals surface area contributed by atoms with Gasteiger partial charge in [-0.05, 0) is 46.7 Å². The fourth-order valence-corrected chi connectivity index (χ4v) is 3.29. The van der Waals surface area contributed by atoms with Gasteiger partial charge in [-0.15, -0.1) is 0 Å². The molecule has 5 aromatic rings. The normalized spacial score (nSPS) is 10.9. The Hall–Kier alpha value is -4.78. The molecule has 0 amide bonds. The van der Waals surface area contributed by atoms with Crippen molar-refractivity contribution >= 4 is 46.2 Å². The first-order valence-electron chi connectivity index (χ1n) is 10.5. The molecule has 3 N–H and O–H groups in total. The van der Waals surface area contributed by atoms with Gasteiger partial charge in [-0.2, -0.15) is 20.1 Å². The van der Waals surface area contributed by atoms with Gasteiger partial charge < -0.3 is 10.6 Å². The number of hydrazone groups is 1. The van der Waals surface area contributed by atoms with E-state index >= 15 is 0 Å². The summed E-state index contributed by atoms with van der Waals surface area (Å²) >= 11 is 0. The zero-order valence-corrected chi connectivity index (χ0v) is 17.7. The molecule has 33 heavy (non-hydrogen) atoms. The molecule has 1 heterocycles. The van der Waals surface area contributed by atoms with Crippen molar-refractivity contribution in [2.75, 3.05) is 16.1 Å². The summed E-state index contributed by atoms with van der Waals surface area (Å²) < 4.78 is 0. The summed E-state index contributed by atoms with van der Waals surface area (Å²) in [6.07, 6.45) is 1.74. The molecule has 5 rings (SSSR count). The number of hydrogen-bond donors (Lipinski definition) is 3. The topological polar surface area (TPSA) is 87.1 Å². The second-order valence-electron chi connectivity index (χ2n) is 7.26. The molecule has 7 heteroatoms. The van der Waals surface area contributed by atoms with Crippen LogP contribution < -0.4 is 16.1 Å². The number of hydrogen-bond acceptors (Lipinski definition) is 7. The minimum Gasteiger partial charge on any atom is -0.324 e. The first-order chi connectivity index (χ1) is 16.3. The summed E-state index contributed by atoms with van der Waals surface area (Å²) in [5.74, 6) is 1.12. The van der Waals surface area contributed by atoms with E-state index in [1.54, 1.807) is 6.21 Å². The molecule has 0 unspecified atom stereocenters. The second-order valence-corrected chi connectivity index (χ2v) is 7.26. The molecule has 0 bridgehead atoms. The molecule has 160 valence electrons. The average molecular weight is 432 g/mol. The van der Waals surface area contributed by atoms with Crippen molar-refractivity contribution in [2.24, 2.45) is 5.10 Å². The van der Waals surface area contributed by atoms with Crippen LogP contribution in [0.4, 0.5) is 29.2 Å². The van der Waals surface area contributed by atoms with Gasteiger partial charge in [-0.25, -0.2) is 5.43 Å². The van der Waals surface area contributed by atoms with E-state index in [1.165, 1.54) is 5.39 Å². The Morgan fingerprint density at radius 2 is 1.09 bits per heavy atom. The van der Waals surface area contributed by atoms with Crippen LogP contribution in [0.15, 0.2) is 108 Å². The zero-order valence-electron chi connectivity index (χ0n) is 17.7. The molecule has 0 atom stereocenters. The lowest BCUT2D eigenvalue weighted by Crippen LogP contribution is -2.07. The monoisotopic (exact) mass is 431 g/mol. The van der Waals surface area contributed by atoms with Crippen molar-refractivity contribution in [3.05, 3.63) is 109 Å². The van der Waals surface area contributed by atoms with Gasteiger partial charge >= 0.3 is 0 Å². The predicted octanol–water partition coefficient (Wildman–Crippen LogP) is 5.96. The molecule has 4 aromatic carbocycles. The van der Waals surface area contributed by atoms with Gasteiger partial charge in [0.05, 0.1) is 6.21 Å². The summed E-state index contributed by atoms with van der Waals surface area (Å²) in [6.45, 7) is 0. The quantitative estimate of drug-likeness (QED) is 0.218. The first kappa shape index (κ1) is 20.1. The van der Waals surface area contributed by atoms with Crippen molar-refractivity contribution in [1.29, 1.82) is 0 Å². The van der Waals surface area contributed by atoms with Gasteiger partial charge in [-0.1, -0.05) is 72.8 Å². The molecule has 0 aliphatic carbocycles. The zero-order chi connectivity index (χ0) is 22.3. The van der Waals surface area contributed by atoms with Gasteiger partial charge in [0.2, 0.25) is 17.8 Å². The number of fused-ring (bicyclic) bond motifs is 1. The smallest absolute Gasteiger partial charge is 0.250 e. The van der Waals surface area contributed by atoms with E-state index < -0.39 is 0 Å². The van der Waals surface area contributed by atoms with Crippen LogP contribution in [-0.4, -0.2) is 21.2 Å². The van der Waals surface area contributed by atoms with Crippen LogP contribution in [0.1, 0.15) is 5.56 Å². The van der Waals surface area contributed by atoms with E-state index in [1.807, 2.05) is 78.9 Å². The highest BCUT2D eigenvalue weighted by Gasteiger charge is 2.07. The van der Waals surface area contributed by atoms with Crippen molar-refractivity contribution in [1.82, 2.24) is 15.0 Å². The van der Waals surface area contributed by atoms with E-state index in [2.05, 4.69) is 60.4 Å². The average Bonchev–Trinajstić information content (AvgIpc) is 2.85. The first-order valence-corrected chi connectivity index (χ1v) is 10.5. The Bertz CT molecular complexity index is 1330.